The van der Waals surface area contributed by atoms with Crippen molar-refractivity contribution in [3.8, 4) is 6.07 Å². The van der Waals surface area contributed by atoms with E-state index >= 15 is 0 Å². The van der Waals surface area contributed by atoms with Gasteiger partial charge in [-0.3, -0.25) is 0 Å². The monoisotopic (exact) mass is 169 g/mol. The molecule has 0 saturated carbocycles. The fourth-order valence-electron chi connectivity index (χ4n) is 0.968. The summed E-state index contributed by atoms with van der Waals surface area (Å²) in [6.07, 6.45) is 8.21. The number of hydrogen-bond acceptors (Lipinski definition) is 1. The van der Waals surface area contributed by atoms with Gasteiger partial charge in [-0.2, -0.15) is 5.26 Å². The lowest BCUT2D eigenvalue weighted by Gasteiger charge is -1.88. The zero-order valence-corrected chi connectivity index (χ0v) is 7.35. The van der Waals surface area contributed by atoms with Gasteiger partial charge in [-0.15, -0.1) is 0 Å². The van der Waals surface area contributed by atoms with E-state index in [1.165, 1.54) is 11.6 Å². The van der Waals surface area contributed by atoms with Gasteiger partial charge in [0.15, 0.2) is 0 Å². The smallest absolute Gasteiger partial charge is 0.0908 e. The number of rotatable bonds is 3. The Labute approximate surface area is 78.6 Å². The number of nitrogens with zero attached hydrogens (tertiary/aromatic N) is 1. The normalized spacial score (nSPS) is 10.7. The van der Waals surface area contributed by atoms with Crippen LogP contribution in [-0.4, -0.2) is 0 Å². The van der Waals surface area contributed by atoms with E-state index in [0.717, 1.165) is 6.42 Å². The van der Waals surface area contributed by atoms with Crippen LogP contribution >= 0.6 is 0 Å². The molecule has 0 radical (unpaired) electrons. The molecule has 0 aliphatic heterocycles. The van der Waals surface area contributed by atoms with Gasteiger partial charge < -0.3 is 0 Å². The second-order valence-electron chi connectivity index (χ2n) is 2.58. The second kappa shape index (κ2) is 5.79. The fraction of sp³-hybridized carbons (Fsp3) is 0.0833. The van der Waals surface area contributed by atoms with E-state index in [0.29, 0.717) is 0 Å². The molecule has 0 heterocycles. The maximum Gasteiger partial charge on any atom is 0.0908 e. The van der Waals surface area contributed by atoms with Crippen LogP contribution in [-0.2, 0) is 0 Å². The first kappa shape index (κ1) is 9.28. The fourth-order valence-corrected chi connectivity index (χ4v) is 0.968. The summed E-state index contributed by atoms with van der Waals surface area (Å²) in [7, 11) is 0. The van der Waals surface area contributed by atoms with Crippen molar-refractivity contribution >= 4 is 6.08 Å². The summed E-state index contributed by atoms with van der Waals surface area (Å²) < 4.78 is 0. The summed E-state index contributed by atoms with van der Waals surface area (Å²) >= 11 is 0. The highest BCUT2D eigenvalue weighted by Crippen LogP contribution is 2.01. The minimum Gasteiger partial charge on any atom is -0.193 e. The molecule has 0 atom stereocenters. The van der Waals surface area contributed by atoms with Crippen LogP contribution < -0.4 is 0 Å². The molecular formula is C12H11N. The van der Waals surface area contributed by atoms with Gasteiger partial charge in [-0.05, 0) is 12.0 Å². The second-order valence-corrected chi connectivity index (χ2v) is 2.58. The maximum atomic E-state index is 8.22. The molecule has 1 aromatic carbocycles. The third-order valence-electron chi connectivity index (χ3n) is 1.57. The summed E-state index contributed by atoms with van der Waals surface area (Å²) in [5, 5.41) is 8.22. The van der Waals surface area contributed by atoms with Gasteiger partial charge in [0.2, 0.25) is 0 Å². The van der Waals surface area contributed by atoms with Crippen LogP contribution in [0.1, 0.15) is 12.0 Å². The number of allylic oxidation sites excluding steroid dienone is 3. The van der Waals surface area contributed by atoms with Crippen molar-refractivity contribution in [2.24, 2.45) is 0 Å². The van der Waals surface area contributed by atoms with E-state index in [-0.39, 0.29) is 0 Å². The van der Waals surface area contributed by atoms with Gasteiger partial charge in [-0.25, -0.2) is 0 Å². The standard InChI is InChI=1S/C12H11N/c13-11-7-2-1-4-8-12-9-5-3-6-10-12/h2-10H,1H2/b7-2+,8-4+. The number of benzene rings is 1. The highest BCUT2D eigenvalue weighted by molar-refractivity contribution is 5.48. The quantitative estimate of drug-likeness (QED) is 0.637. The first-order valence-electron chi connectivity index (χ1n) is 4.19. The van der Waals surface area contributed by atoms with Crippen molar-refractivity contribution in [2.45, 2.75) is 6.42 Å². The molecule has 0 amide bonds. The van der Waals surface area contributed by atoms with Crippen molar-refractivity contribution in [1.29, 1.82) is 5.26 Å². The summed E-state index contributed by atoms with van der Waals surface area (Å²) in [5.74, 6) is 0. The Kier molecular flexibility index (Phi) is 4.13. The van der Waals surface area contributed by atoms with Crippen LogP contribution in [0.5, 0.6) is 0 Å². The molecule has 64 valence electrons. The first-order valence-corrected chi connectivity index (χ1v) is 4.19. The predicted molar refractivity (Wildman–Crippen MR) is 54.8 cm³/mol. The van der Waals surface area contributed by atoms with Crippen LogP contribution in [0.2, 0.25) is 0 Å². The molecular weight excluding hydrogens is 158 g/mol. The SMILES string of the molecule is N#C/C=C/C/C=C/c1ccccc1. The van der Waals surface area contributed by atoms with Gasteiger partial charge in [0.1, 0.15) is 0 Å². The molecule has 0 aliphatic carbocycles. The van der Waals surface area contributed by atoms with E-state index in [2.05, 4.69) is 0 Å². The molecule has 0 aromatic heterocycles. The predicted octanol–water partition coefficient (Wildman–Crippen LogP) is 3.17. The maximum absolute atomic E-state index is 8.22. The summed E-state index contributed by atoms with van der Waals surface area (Å²) in [6.45, 7) is 0. The van der Waals surface area contributed by atoms with Gasteiger partial charge in [0, 0.05) is 6.08 Å². The number of hydrogen-bond donors (Lipinski definition) is 0. The molecule has 1 nitrogen and oxygen atoms in total. The molecule has 0 aliphatic rings. The lowest BCUT2D eigenvalue weighted by Crippen LogP contribution is -1.67. The Balaban J connectivity index is 2.42. The third-order valence-corrected chi connectivity index (χ3v) is 1.57. The van der Waals surface area contributed by atoms with Crippen molar-refractivity contribution in [2.75, 3.05) is 0 Å². The zero-order chi connectivity index (χ0) is 9.36. The molecule has 0 spiro atoms. The Morgan fingerprint density at radius 3 is 2.62 bits per heavy atom. The van der Waals surface area contributed by atoms with Crippen molar-refractivity contribution < 1.29 is 0 Å². The molecule has 0 bridgehead atoms. The first-order chi connectivity index (χ1) is 6.43. The van der Waals surface area contributed by atoms with Crippen molar-refractivity contribution in [3.63, 3.8) is 0 Å². The van der Waals surface area contributed by atoms with E-state index in [1.54, 1.807) is 0 Å². The van der Waals surface area contributed by atoms with Crippen LogP contribution in [0.3, 0.4) is 0 Å². The lowest BCUT2D eigenvalue weighted by atomic mass is 10.2. The van der Waals surface area contributed by atoms with Crippen LogP contribution in [0, 0.1) is 11.3 Å². The third kappa shape index (κ3) is 3.93. The Morgan fingerprint density at radius 2 is 1.92 bits per heavy atom. The van der Waals surface area contributed by atoms with Gasteiger partial charge in [0.25, 0.3) is 0 Å². The van der Waals surface area contributed by atoms with Gasteiger partial charge in [0.05, 0.1) is 6.07 Å². The molecule has 13 heavy (non-hydrogen) atoms. The topological polar surface area (TPSA) is 23.8 Å². The molecule has 1 aromatic rings. The minimum absolute atomic E-state index is 0.808. The highest BCUT2D eigenvalue weighted by Gasteiger charge is 1.80. The Morgan fingerprint density at radius 1 is 1.15 bits per heavy atom. The Bertz CT molecular complexity index is 328. The zero-order valence-electron chi connectivity index (χ0n) is 7.35. The van der Waals surface area contributed by atoms with E-state index < -0.39 is 0 Å². The molecule has 1 heteroatoms. The molecule has 0 saturated heterocycles. The van der Waals surface area contributed by atoms with E-state index in [1.807, 2.05) is 54.6 Å². The van der Waals surface area contributed by atoms with E-state index in [9.17, 15) is 0 Å². The average molecular weight is 169 g/mol. The molecule has 0 unspecified atom stereocenters. The summed E-state index contributed by atoms with van der Waals surface area (Å²) in [5.41, 5.74) is 1.19. The van der Waals surface area contributed by atoms with E-state index in [4.69, 9.17) is 5.26 Å². The van der Waals surface area contributed by atoms with Crippen LogP contribution in [0.15, 0.2) is 48.6 Å². The largest absolute Gasteiger partial charge is 0.193 e. The van der Waals surface area contributed by atoms with Crippen molar-refractivity contribution in [3.05, 3.63) is 54.1 Å². The highest BCUT2D eigenvalue weighted by atomic mass is 14.2. The molecule has 0 N–H and O–H groups in total. The summed E-state index contributed by atoms with van der Waals surface area (Å²) in [6, 6.07) is 12.0. The summed E-state index contributed by atoms with van der Waals surface area (Å²) in [4.78, 5) is 0. The number of nitriles is 1. The minimum atomic E-state index is 0.808. The van der Waals surface area contributed by atoms with Crippen molar-refractivity contribution in [1.82, 2.24) is 0 Å². The van der Waals surface area contributed by atoms with Crippen LogP contribution in [0.4, 0.5) is 0 Å². The van der Waals surface area contributed by atoms with Gasteiger partial charge >= 0.3 is 0 Å². The molecule has 1 rings (SSSR count). The Hall–Kier alpha value is -1.81. The van der Waals surface area contributed by atoms with Crippen LogP contribution in [0.25, 0.3) is 6.08 Å². The molecule has 0 fully saturated rings. The average Bonchev–Trinajstić information content (AvgIpc) is 2.19. The van der Waals surface area contributed by atoms with Gasteiger partial charge in [-0.1, -0.05) is 48.6 Å². The lowest BCUT2D eigenvalue weighted by molar-refractivity contribution is 1.40.